The van der Waals surface area contributed by atoms with Crippen molar-refractivity contribution in [3.05, 3.63) is 54.1 Å². The highest BCUT2D eigenvalue weighted by molar-refractivity contribution is 7.99. The molecule has 1 heterocycles. The number of thioether (sulfide) groups is 1. The van der Waals surface area contributed by atoms with Crippen LogP contribution in [0.5, 0.6) is 11.5 Å². The summed E-state index contributed by atoms with van der Waals surface area (Å²) in [5.74, 6) is 1.52. The topological polar surface area (TPSA) is 86.5 Å². The van der Waals surface area contributed by atoms with Crippen LogP contribution in [0.1, 0.15) is 10.4 Å². The average Bonchev–Trinajstić information content (AvgIpc) is 3.06. The molecular formula is C19H19N3O4S. The number of carbonyl (C=O) groups is 1. The minimum atomic E-state index is -1.00. The first-order chi connectivity index (χ1) is 13.1. The number of carboxylic acids is 1. The van der Waals surface area contributed by atoms with Crippen molar-refractivity contribution in [2.75, 3.05) is 19.5 Å². The minimum absolute atomic E-state index is 0.156. The van der Waals surface area contributed by atoms with E-state index in [-0.39, 0.29) is 5.56 Å². The van der Waals surface area contributed by atoms with Crippen molar-refractivity contribution in [3.63, 3.8) is 0 Å². The van der Waals surface area contributed by atoms with Crippen LogP contribution >= 0.6 is 11.8 Å². The molecule has 0 unspecified atom stereocenters. The maximum Gasteiger partial charge on any atom is 0.339 e. The minimum Gasteiger partial charge on any atom is -0.497 e. The lowest BCUT2D eigenvalue weighted by molar-refractivity contribution is 0.0692. The van der Waals surface area contributed by atoms with Gasteiger partial charge in [-0.1, -0.05) is 23.9 Å². The highest BCUT2D eigenvalue weighted by Crippen LogP contribution is 2.25. The number of aromatic carboxylic acids is 1. The smallest absolute Gasteiger partial charge is 0.339 e. The van der Waals surface area contributed by atoms with E-state index in [1.165, 1.54) is 17.8 Å². The maximum atomic E-state index is 11.2. The molecular weight excluding hydrogens is 366 g/mol. The lowest BCUT2D eigenvalue weighted by Gasteiger charge is -2.08. The standard InChI is InChI=1S/C19H19N3O4S/c1-22-17(13-7-9-14(25-2)10-8-13)20-21-19(22)27-12-11-26-16-6-4-3-5-15(16)18(23)24/h3-10H,11-12H2,1-2H3,(H,23,24). The summed E-state index contributed by atoms with van der Waals surface area (Å²) in [6.45, 7) is 0.361. The fourth-order valence-corrected chi connectivity index (χ4v) is 3.21. The molecule has 1 aromatic heterocycles. The average molecular weight is 385 g/mol. The van der Waals surface area contributed by atoms with Crippen LogP contribution < -0.4 is 9.47 Å². The number of para-hydroxylation sites is 1. The Balaban J connectivity index is 1.59. The molecule has 0 amide bonds. The molecule has 0 bridgehead atoms. The van der Waals surface area contributed by atoms with Gasteiger partial charge in [-0.25, -0.2) is 4.79 Å². The Kier molecular flexibility index (Phi) is 5.97. The molecule has 0 aliphatic heterocycles. The van der Waals surface area contributed by atoms with Crippen LogP contribution in [0.25, 0.3) is 11.4 Å². The highest BCUT2D eigenvalue weighted by atomic mass is 32.2. The summed E-state index contributed by atoms with van der Waals surface area (Å²) in [5.41, 5.74) is 1.10. The first kappa shape index (κ1) is 18.8. The van der Waals surface area contributed by atoms with Crippen molar-refractivity contribution < 1.29 is 19.4 Å². The van der Waals surface area contributed by atoms with Gasteiger partial charge in [-0.15, -0.1) is 10.2 Å². The van der Waals surface area contributed by atoms with E-state index in [4.69, 9.17) is 14.6 Å². The van der Waals surface area contributed by atoms with E-state index in [1.807, 2.05) is 35.9 Å². The molecule has 8 heteroatoms. The zero-order valence-corrected chi connectivity index (χ0v) is 15.8. The number of rotatable bonds is 8. The Hall–Kier alpha value is -3.00. The molecule has 0 saturated heterocycles. The second-order valence-electron chi connectivity index (χ2n) is 5.59. The normalized spacial score (nSPS) is 10.6. The fourth-order valence-electron chi connectivity index (χ4n) is 2.49. The van der Waals surface area contributed by atoms with E-state index in [0.29, 0.717) is 18.1 Å². The first-order valence-corrected chi connectivity index (χ1v) is 9.20. The SMILES string of the molecule is COc1ccc(-c2nnc(SCCOc3ccccc3C(=O)O)n2C)cc1. The lowest BCUT2D eigenvalue weighted by Crippen LogP contribution is -2.06. The third kappa shape index (κ3) is 4.40. The third-order valence-electron chi connectivity index (χ3n) is 3.87. The van der Waals surface area contributed by atoms with Crippen molar-refractivity contribution in [3.8, 4) is 22.9 Å². The molecule has 27 heavy (non-hydrogen) atoms. The van der Waals surface area contributed by atoms with Gasteiger partial charge in [0.25, 0.3) is 0 Å². The molecule has 7 nitrogen and oxygen atoms in total. The van der Waals surface area contributed by atoms with Gasteiger partial charge in [0.05, 0.1) is 13.7 Å². The van der Waals surface area contributed by atoms with Gasteiger partial charge in [0.15, 0.2) is 11.0 Å². The van der Waals surface area contributed by atoms with Crippen molar-refractivity contribution in [1.29, 1.82) is 0 Å². The number of hydrogen-bond donors (Lipinski definition) is 1. The van der Waals surface area contributed by atoms with E-state index < -0.39 is 5.97 Å². The van der Waals surface area contributed by atoms with Gasteiger partial charge in [-0.2, -0.15) is 0 Å². The van der Waals surface area contributed by atoms with Gasteiger partial charge in [-0.3, -0.25) is 0 Å². The maximum absolute atomic E-state index is 11.2. The van der Waals surface area contributed by atoms with Crippen LogP contribution in [-0.2, 0) is 7.05 Å². The number of nitrogens with zero attached hydrogens (tertiary/aromatic N) is 3. The summed E-state index contributed by atoms with van der Waals surface area (Å²) in [5, 5.41) is 18.4. The Morgan fingerprint density at radius 2 is 1.89 bits per heavy atom. The van der Waals surface area contributed by atoms with Crippen molar-refractivity contribution in [1.82, 2.24) is 14.8 Å². The highest BCUT2D eigenvalue weighted by Gasteiger charge is 2.13. The van der Waals surface area contributed by atoms with Crippen molar-refractivity contribution in [2.45, 2.75) is 5.16 Å². The van der Waals surface area contributed by atoms with Crippen LogP contribution in [0.2, 0.25) is 0 Å². The molecule has 2 aromatic carbocycles. The molecule has 1 N–H and O–H groups in total. The first-order valence-electron chi connectivity index (χ1n) is 8.22. The predicted octanol–water partition coefficient (Wildman–Crippen LogP) is 3.36. The second-order valence-corrected chi connectivity index (χ2v) is 6.65. The summed E-state index contributed by atoms with van der Waals surface area (Å²) >= 11 is 1.50. The zero-order chi connectivity index (χ0) is 19.2. The molecule has 3 aromatic rings. The summed E-state index contributed by atoms with van der Waals surface area (Å²) < 4.78 is 12.7. The summed E-state index contributed by atoms with van der Waals surface area (Å²) in [6, 6.07) is 14.2. The van der Waals surface area contributed by atoms with Gasteiger partial charge in [0.1, 0.15) is 17.1 Å². The monoisotopic (exact) mass is 385 g/mol. The summed E-state index contributed by atoms with van der Waals surface area (Å²) in [6.07, 6.45) is 0. The Morgan fingerprint density at radius 3 is 2.59 bits per heavy atom. The number of aromatic nitrogens is 3. The predicted molar refractivity (Wildman–Crippen MR) is 103 cm³/mol. The van der Waals surface area contributed by atoms with E-state index in [2.05, 4.69) is 10.2 Å². The summed E-state index contributed by atoms with van der Waals surface area (Å²) in [4.78, 5) is 11.2. The second kappa shape index (κ2) is 8.59. The molecule has 0 aliphatic carbocycles. The van der Waals surface area contributed by atoms with Crippen LogP contribution in [-0.4, -0.2) is 45.3 Å². The number of hydrogen-bond acceptors (Lipinski definition) is 6. The Bertz CT molecular complexity index is 925. The van der Waals surface area contributed by atoms with E-state index in [0.717, 1.165) is 22.3 Å². The fraction of sp³-hybridized carbons (Fsp3) is 0.211. The molecule has 0 radical (unpaired) electrons. The largest absolute Gasteiger partial charge is 0.497 e. The van der Waals surface area contributed by atoms with E-state index in [9.17, 15) is 4.79 Å². The van der Waals surface area contributed by atoms with Gasteiger partial charge in [-0.05, 0) is 36.4 Å². The quantitative estimate of drug-likeness (QED) is 0.470. The molecule has 0 aliphatic rings. The number of benzene rings is 2. The molecule has 0 saturated carbocycles. The molecule has 3 rings (SSSR count). The van der Waals surface area contributed by atoms with Crippen molar-refractivity contribution in [2.24, 2.45) is 7.05 Å². The molecule has 0 atom stereocenters. The van der Waals surface area contributed by atoms with Crippen LogP contribution in [0.15, 0.2) is 53.7 Å². The van der Waals surface area contributed by atoms with Gasteiger partial charge >= 0.3 is 5.97 Å². The Labute approximate surface area is 161 Å². The van der Waals surface area contributed by atoms with Crippen LogP contribution in [0.4, 0.5) is 0 Å². The van der Waals surface area contributed by atoms with Crippen LogP contribution in [0.3, 0.4) is 0 Å². The number of ether oxygens (including phenoxy) is 2. The van der Waals surface area contributed by atoms with E-state index >= 15 is 0 Å². The van der Waals surface area contributed by atoms with Gasteiger partial charge < -0.3 is 19.1 Å². The number of methoxy groups -OCH3 is 1. The van der Waals surface area contributed by atoms with Crippen molar-refractivity contribution >= 4 is 17.7 Å². The van der Waals surface area contributed by atoms with Crippen LogP contribution in [0, 0.1) is 0 Å². The van der Waals surface area contributed by atoms with Gasteiger partial charge in [0.2, 0.25) is 0 Å². The lowest BCUT2D eigenvalue weighted by atomic mass is 10.2. The summed E-state index contributed by atoms with van der Waals surface area (Å²) in [7, 11) is 3.53. The third-order valence-corrected chi connectivity index (χ3v) is 4.86. The van der Waals surface area contributed by atoms with Gasteiger partial charge in [0, 0.05) is 18.4 Å². The zero-order valence-electron chi connectivity index (χ0n) is 15.0. The molecule has 0 spiro atoms. The Morgan fingerprint density at radius 1 is 1.15 bits per heavy atom. The van der Waals surface area contributed by atoms with E-state index in [1.54, 1.807) is 25.3 Å². The number of carboxylic acid groups (broad SMARTS) is 1. The molecule has 140 valence electrons. The molecule has 0 fully saturated rings.